The van der Waals surface area contributed by atoms with E-state index in [1.165, 1.54) is 199 Å². The molecule has 0 heterocycles. The van der Waals surface area contributed by atoms with E-state index in [4.69, 9.17) is 14.2 Å². The van der Waals surface area contributed by atoms with E-state index in [1.807, 2.05) is 0 Å². The summed E-state index contributed by atoms with van der Waals surface area (Å²) < 4.78 is 16.8. The maximum atomic E-state index is 12.8. The number of ether oxygens (including phenoxy) is 3. The van der Waals surface area contributed by atoms with Crippen molar-refractivity contribution < 1.29 is 28.6 Å². The number of unbranched alkanes of at least 4 members (excludes halogenated alkanes) is 34. The molecule has 6 heteroatoms. The lowest BCUT2D eigenvalue weighted by molar-refractivity contribution is -0.167. The Balaban J connectivity index is 4.25. The molecule has 0 aromatic rings. The molecule has 0 amide bonds. The normalized spacial score (nSPS) is 12.5. The molecular formula is C56H108O6. The van der Waals surface area contributed by atoms with E-state index in [-0.39, 0.29) is 31.1 Å². The smallest absolute Gasteiger partial charge is 0.306 e. The molecule has 0 aromatic heterocycles. The molecule has 0 aliphatic carbocycles. The number of esters is 3. The zero-order chi connectivity index (χ0) is 45.4. The molecule has 0 aliphatic rings. The molecule has 0 radical (unpaired) electrons. The second kappa shape index (κ2) is 48.9. The Morgan fingerprint density at radius 1 is 0.339 bits per heavy atom. The average molecular weight is 877 g/mol. The molecule has 0 bridgehead atoms. The summed E-state index contributed by atoms with van der Waals surface area (Å²) in [5.41, 5.74) is 0. The zero-order valence-corrected chi connectivity index (χ0v) is 42.5. The van der Waals surface area contributed by atoms with E-state index in [0.717, 1.165) is 69.6 Å². The van der Waals surface area contributed by atoms with Crippen LogP contribution in [0.2, 0.25) is 0 Å². The van der Waals surface area contributed by atoms with Crippen molar-refractivity contribution in [2.75, 3.05) is 13.2 Å². The van der Waals surface area contributed by atoms with Crippen LogP contribution < -0.4 is 0 Å². The molecule has 368 valence electrons. The van der Waals surface area contributed by atoms with Crippen molar-refractivity contribution in [2.24, 2.45) is 11.8 Å². The van der Waals surface area contributed by atoms with Crippen LogP contribution in [0.3, 0.4) is 0 Å². The Bertz CT molecular complexity index is 949. The lowest BCUT2D eigenvalue weighted by Crippen LogP contribution is -2.30. The van der Waals surface area contributed by atoms with Crippen molar-refractivity contribution >= 4 is 17.9 Å². The summed E-state index contributed by atoms with van der Waals surface area (Å²) in [7, 11) is 0. The third-order valence-electron chi connectivity index (χ3n) is 13.1. The molecule has 6 nitrogen and oxygen atoms in total. The van der Waals surface area contributed by atoms with Gasteiger partial charge in [-0.3, -0.25) is 14.4 Å². The standard InChI is InChI=1S/C56H108O6/c1-6-8-9-10-11-12-19-28-33-38-43-48-56(59)62-53(50-61-55(58)47-42-37-32-27-23-22-25-30-35-40-45-52(5)7-2)49-60-54(57)46-41-36-31-26-21-18-16-14-13-15-17-20-24-29-34-39-44-51(3)4/h51-53H,6-50H2,1-5H3/t52?,53-/m1/s1. The summed E-state index contributed by atoms with van der Waals surface area (Å²) >= 11 is 0. The first-order chi connectivity index (χ1) is 30.3. The summed E-state index contributed by atoms with van der Waals surface area (Å²) in [4.78, 5) is 38.0. The summed E-state index contributed by atoms with van der Waals surface area (Å²) in [5, 5.41) is 0. The highest BCUT2D eigenvalue weighted by molar-refractivity contribution is 5.71. The Kier molecular flexibility index (Phi) is 47.6. The van der Waals surface area contributed by atoms with Gasteiger partial charge in [-0.1, -0.05) is 272 Å². The summed E-state index contributed by atoms with van der Waals surface area (Å²) in [5.74, 6) is 0.879. The van der Waals surface area contributed by atoms with Crippen molar-refractivity contribution in [3.8, 4) is 0 Å². The molecule has 0 aromatic carbocycles. The van der Waals surface area contributed by atoms with Crippen molar-refractivity contribution in [1.82, 2.24) is 0 Å². The van der Waals surface area contributed by atoms with Gasteiger partial charge in [0.1, 0.15) is 13.2 Å². The third kappa shape index (κ3) is 47.9. The largest absolute Gasteiger partial charge is 0.462 e. The third-order valence-corrected chi connectivity index (χ3v) is 13.1. The quantitative estimate of drug-likeness (QED) is 0.0344. The Morgan fingerprint density at radius 2 is 0.613 bits per heavy atom. The van der Waals surface area contributed by atoms with Gasteiger partial charge in [-0.2, -0.15) is 0 Å². The summed E-state index contributed by atoms with van der Waals surface area (Å²) in [6.07, 6.45) is 50.8. The highest BCUT2D eigenvalue weighted by Crippen LogP contribution is 2.18. The predicted octanol–water partition coefficient (Wildman–Crippen LogP) is 18.1. The monoisotopic (exact) mass is 877 g/mol. The van der Waals surface area contributed by atoms with Crippen LogP contribution in [0.15, 0.2) is 0 Å². The van der Waals surface area contributed by atoms with Gasteiger partial charge >= 0.3 is 17.9 Å². The molecule has 0 N–H and O–H groups in total. The van der Waals surface area contributed by atoms with Gasteiger partial charge in [0, 0.05) is 19.3 Å². The van der Waals surface area contributed by atoms with Crippen LogP contribution in [0.4, 0.5) is 0 Å². The zero-order valence-electron chi connectivity index (χ0n) is 42.5. The maximum absolute atomic E-state index is 12.8. The molecule has 0 fully saturated rings. The van der Waals surface area contributed by atoms with Gasteiger partial charge in [0.15, 0.2) is 6.10 Å². The number of carbonyl (C=O) groups is 3. The first-order valence-corrected chi connectivity index (χ1v) is 27.8. The van der Waals surface area contributed by atoms with Crippen LogP contribution in [0.25, 0.3) is 0 Å². The van der Waals surface area contributed by atoms with E-state index in [9.17, 15) is 14.4 Å². The molecule has 2 atom stereocenters. The van der Waals surface area contributed by atoms with E-state index >= 15 is 0 Å². The van der Waals surface area contributed by atoms with Crippen LogP contribution in [-0.2, 0) is 28.6 Å². The van der Waals surface area contributed by atoms with Crippen molar-refractivity contribution in [3.63, 3.8) is 0 Å². The van der Waals surface area contributed by atoms with Gasteiger partial charge in [0.2, 0.25) is 0 Å². The second-order valence-corrected chi connectivity index (χ2v) is 19.9. The van der Waals surface area contributed by atoms with Crippen LogP contribution in [0.5, 0.6) is 0 Å². The highest BCUT2D eigenvalue weighted by Gasteiger charge is 2.19. The fourth-order valence-corrected chi connectivity index (χ4v) is 8.49. The number of carbonyl (C=O) groups excluding carboxylic acids is 3. The molecule has 0 rings (SSSR count). The van der Waals surface area contributed by atoms with Gasteiger partial charge in [0.25, 0.3) is 0 Å². The SMILES string of the molecule is CCCCCCCCCCCCCC(=O)O[C@H](COC(=O)CCCCCCCCCCCCCCCCCCC(C)C)COC(=O)CCCCCCCCCCCCC(C)CC. The minimum Gasteiger partial charge on any atom is -0.462 e. The Labute approximate surface area is 387 Å². The number of hydrogen-bond donors (Lipinski definition) is 0. The van der Waals surface area contributed by atoms with Crippen LogP contribution in [-0.4, -0.2) is 37.2 Å². The first kappa shape index (κ1) is 60.4. The minimum atomic E-state index is -0.762. The van der Waals surface area contributed by atoms with Crippen LogP contribution in [0.1, 0.15) is 311 Å². The fraction of sp³-hybridized carbons (Fsp3) is 0.946. The first-order valence-electron chi connectivity index (χ1n) is 27.8. The van der Waals surface area contributed by atoms with Gasteiger partial charge in [-0.05, 0) is 31.1 Å². The molecule has 1 unspecified atom stereocenters. The number of hydrogen-bond acceptors (Lipinski definition) is 6. The number of rotatable bonds is 50. The lowest BCUT2D eigenvalue weighted by Gasteiger charge is -2.18. The van der Waals surface area contributed by atoms with Gasteiger partial charge < -0.3 is 14.2 Å². The molecular weight excluding hydrogens is 769 g/mol. The maximum Gasteiger partial charge on any atom is 0.306 e. The van der Waals surface area contributed by atoms with Gasteiger partial charge in [0.05, 0.1) is 0 Å². The van der Waals surface area contributed by atoms with Crippen LogP contribution >= 0.6 is 0 Å². The van der Waals surface area contributed by atoms with E-state index < -0.39 is 6.10 Å². The molecule has 62 heavy (non-hydrogen) atoms. The summed E-state index contributed by atoms with van der Waals surface area (Å²) in [6, 6.07) is 0. The average Bonchev–Trinajstić information content (AvgIpc) is 3.26. The van der Waals surface area contributed by atoms with Crippen molar-refractivity contribution in [3.05, 3.63) is 0 Å². The minimum absolute atomic E-state index is 0.0631. The second-order valence-electron chi connectivity index (χ2n) is 19.9. The summed E-state index contributed by atoms with van der Waals surface area (Å²) in [6.45, 7) is 11.4. The predicted molar refractivity (Wildman–Crippen MR) is 266 cm³/mol. The Hall–Kier alpha value is -1.59. The van der Waals surface area contributed by atoms with Crippen LogP contribution in [0, 0.1) is 11.8 Å². The lowest BCUT2D eigenvalue weighted by atomic mass is 9.99. The molecule has 0 aliphatic heterocycles. The van der Waals surface area contributed by atoms with E-state index in [1.54, 1.807) is 0 Å². The van der Waals surface area contributed by atoms with Crippen molar-refractivity contribution in [2.45, 2.75) is 317 Å². The van der Waals surface area contributed by atoms with Gasteiger partial charge in [-0.25, -0.2) is 0 Å². The highest BCUT2D eigenvalue weighted by atomic mass is 16.6. The van der Waals surface area contributed by atoms with E-state index in [0.29, 0.717) is 19.3 Å². The fourth-order valence-electron chi connectivity index (χ4n) is 8.49. The molecule has 0 spiro atoms. The molecule has 0 saturated carbocycles. The van der Waals surface area contributed by atoms with E-state index in [2.05, 4.69) is 34.6 Å². The topological polar surface area (TPSA) is 78.9 Å². The van der Waals surface area contributed by atoms with Gasteiger partial charge in [-0.15, -0.1) is 0 Å². The Morgan fingerprint density at radius 3 is 0.919 bits per heavy atom. The molecule has 0 saturated heterocycles. The van der Waals surface area contributed by atoms with Crippen molar-refractivity contribution in [1.29, 1.82) is 0 Å².